The molecule has 0 aliphatic rings. The predicted octanol–water partition coefficient (Wildman–Crippen LogP) is 1.84. The summed E-state index contributed by atoms with van der Waals surface area (Å²) >= 11 is 0. The zero-order valence-corrected chi connectivity index (χ0v) is 5.33. The van der Waals surface area contributed by atoms with Crippen LogP contribution in [0.25, 0.3) is 10.8 Å². The topological polar surface area (TPSA) is 12.9 Å². The molecule has 1 aromatic carbocycles. The molecule has 0 amide bonds. The lowest BCUT2D eigenvalue weighted by Crippen LogP contribution is -1.72. The minimum absolute atomic E-state index is 1.14. The van der Waals surface area contributed by atoms with Gasteiger partial charge >= 0.3 is 0 Å². The summed E-state index contributed by atoms with van der Waals surface area (Å²) in [6, 6.07) is 10.6. The zero-order chi connectivity index (χ0) is 6.81. The van der Waals surface area contributed by atoms with Crippen LogP contribution in [-0.4, -0.2) is 4.98 Å². The van der Waals surface area contributed by atoms with E-state index >= 15 is 0 Å². The summed E-state index contributed by atoms with van der Waals surface area (Å²) in [4.78, 5) is 3.87. The summed E-state index contributed by atoms with van der Waals surface area (Å²) < 4.78 is 0. The summed E-state index contributed by atoms with van der Waals surface area (Å²) in [7, 11) is 0. The number of fused-ring (bicyclic) bond motifs is 1. The summed E-state index contributed by atoms with van der Waals surface area (Å²) in [6.45, 7) is 0. The Morgan fingerprint density at radius 1 is 1.20 bits per heavy atom. The van der Waals surface area contributed by atoms with Gasteiger partial charge in [0, 0.05) is 11.6 Å². The second-order valence-corrected chi connectivity index (χ2v) is 2.09. The van der Waals surface area contributed by atoms with Gasteiger partial charge in [-0.1, -0.05) is 12.1 Å². The van der Waals surface area contributed by atoms with Crippen LogP contribution in [0.3, 0.4) is 0 Å². The molecule has 0 aliphatic heterocycles. The van der Waals surface area contributed by atoms with E-state index in [1.165, 1.54) is 0 Å². The molecule has 0 saturated carbocycles. The number of benzene rings is 1. The second-order valence-electron chi connectivity index (χ2n) is 2.09. The van der Waals surface area contributed by atoms with Crippen LogP contribution in [0.15, 0.2) is 30.5 Å². The Bertz CT molecular complexity index is 276. The Labute approximate surface area is 59.3 Å². The number of hydrogen-bond acceptors (Lipinski definition) is 1. The maximum Gasteiger partial charge on any atom is 0.0892 e. The van der Waals surface area contributed by atoms with E-state index < -0.39 is 0 Å². The fourth-order valence-corrected chi connectivity index (χ4v) is 0.912. The number of pyridine rings is 1. The lowest BCUT2D eigenvalue weighted by Gasteiger charge is -1.90. The molecular formula is C9H5N. The van der Waals surface area contributed by atoms with Crippen LogP contribution in [0.1, 0.15) is 0 Å². The molecule has 10 heavy (non-hydrogen) atoms. The molecule has 0 N–H and O–H groups in total. The minimum Gasteiger partial charge on any atom is -0.254 e. The molecule has 1 nitrogen and oxygen atoms in total. The highest BCUT2D eigenvalue weighted by Crippen LogP contribution is 2.08. The highest BCUT2D eigenvalue weighted by molar-refractivity contribution is 5.80. The van der Waals surface area contributed by atoms with Crippen LogP contribution in [0.5, 0.6) is 0 Å². The van der Waals surface area contributed by atoms with Gasteiger partial charge in [0.1, 0.15) is 0 Å². The van der Waals surface area contributed by atoms with Crippen molar-refractivity contribution in [3.05, 3.63) is 42.7 Å². The predicted molar refractivity (Wildman–Crippen MR) is 39.4 cm³/mol. The van der Waals surface area contributed by atoms with Gasteiger partial charge in [-0.15, -0.1) is 0 Å². The molecule has 2 radical (unpaired) electrons. The Balaban J connectivity index is 2.89. The Morgan fingerprint density at radius 3 is 3.10 bits per heavy atom. The molecule has 2 rings (SSSR count). The van der Waals surface area contributed by atoms with E-state index in [1.807, 2.05) is 24.3 Å². The second kappa shape index (κ2) is 2.10. The molecule has 2 aromatic rings. The van der Waals surface area contributed by atoms with E-state index in [0.717, 1.165) is 10.8 Å². The van der Waals surface area contributed by atoms with Crippen molar-refractivity contribution in [2.75, 3.05) is 0 Å². The van der Waals surface area contributed by atoms with Crippen molar-refractivity contribution in [3.8, 4) is 0 Å². The van der Waals surface area contributed by atoms with Crippen molar-refractivity contribution >= 4 is 10.8 Å². The van der Waals surface area contributed by atoms with Crippen LogP contribution in [0, 0.1) is 12.3 Å². The molecule has 0 spiro atoms. The van der Waals surface area contributed by atoms with Gasteiger partial charge in [-0.3, -0.25) is 4.98 Å². The van der Waals surface area contributed by atoms with Crippen molar-refractivity contribution in [3.63, 3.8) is 0 Å². The van der Waals surface area contributed by atoms with Crippen LogP contribution in [0.4, 0.5) is 0 Å². The first-order valence-electron chi connectivity index (χ1n) is 3.09. The third kappa shape index (κ3) is 0.760. The van der Waals surface area contributed by atoms with Gasteiger partial charge < -0.3 is 0 Å². The summed E-state index contributed by atoms with van der Waals surface area (Å²) in [6.07, 6.45) is 4.56. The van der Waals surface area contributed by atoms with Crippen molar-refractivity contribution < 1.29 is 0 Å². The molecule has 0 bridgehead atoms. The smallest absolute Gasteiger partial charge is 0.0892 e. The molecule has 1 heterocycles. The van der Waals surface area contributed by atoms with E-state index in [4.69, 9.17) is 0 Å². The SMILES string of the molecule is [c]1ccc2cn[c]cc2c1. The third-order valence-electron chi connectivity index (χ3n) is 1.43. The quantitative estimate of drug-likeness (QED) is 0.526. The van der Waals surface area contributed by atoms with Gasteiger partial charge in [0.05, 0.1) is 6.20 Å². The van der Waals surface area contributed by atoms with Crippen molar-refractivity contribution in [2.45, 2.75) is 0 Å². The zero-order valence-electron chi connectivity index (χ0n) is 5.33. The maximum absolute atomic E-state index is 3.87. The molecule has 0 unspecified atom stereocenters. The first kappa shape index (κ1) is 5.42. The normalized spacial score (nSPS) is 10.0. The molecular weight excluding hydrogens is 122 g/mol. The number of aromatic nitrogens is 1. The average molecular weight is 127 g/mol. The Morgan fingerprint density at radius 2 is 2.20 bits per heavy atom. The van der Waals surface area contributed by atoms with E-state index in [-0.39, 0.29) is 0 Å². The van der Waals surface area contributed by atoms with Crippen molar-refractivity contribution in [1.82, 2.24) is 4.98 Å². The average Bonchev–Trinajstić information content (AvgIpc) is 2.05. The van der Waals surface area contributed by atoms with Crippen molar-refractivity contribution in [2.24, 2.45) is 0 Å². The van der Waals surface area contributed by atoms with Crippen LogP contribution in [-0.2, 0) is 0 Å². The molecule has 0 saturated heterocycles. The Kier molecular flexibility index (Phi) is 1.14. The van der Waals surface area contributed by atoms with E-state index in [0.29, 0.717) is 0 Å². The lowest BCUT2D eigenvalue weighted by molar-refractivity contribution is 1.35. The summed E-state index contributed by atoms with van der Waals surface area (Å²) in [5.41, 5.74) is 0. The fraction of sp³-hybridized carbons (Fsp3) is 0. The van der Waals surface area contributed by atoms with Crippen LogP contribution in [0.2, 0.25) is 0 Å². The van der Waals surface area contributed by atoms with Crippen LogP contribution >= 0.6 is 0 Å². The minimum atomic E-state index is 1.14. The number of nitrogens with zero attached hydrogens (tertiary/aromatic N) is 1. The molecule has 0 fully saturated rings. The van der Waals surface area contributed by atoms with E-state index in [1.54, 1.807) is 6.20 Å². The maximum atomic E-state index is 3.87. The van der Waals surface area contributed by atoms with Crippen LogP contribution < -0.4 is 0 Å². The largest absolute Gasteiger partial charge is 0.254 e. The molecule has 0 atom stereocenters. The monoisotopic (exact) mass is 127 g/mol. The molecule has 0 aliphatic carbocycles. The molecule has 46 valence electrons. The van der Waals surface area contributed by atoms with Gasteiger partial charge in [-0.05, 0) is 23.6 Å². The van der Waals surface area contributed by atoms with Gasteiger partial charge in [-0.2, -0.15) is 0 Å². The highest BCUT2D eigenvalue weighted by atomic mass is 14.6. The van der Waals surface area contributed by atoms with Gasteiger partial charge in [0.15, 0.2) is 0 Å². The van der Waals surface area contributed by atoms with E-state index in [9.17, 15) is 0 Å². The molecule has 1 aromatic heterocycles. The van der Waals surface area contributed by atoms with E-state index in [2.05, 4.69) is 17.2 Å². The lowest BCUT2D eigenvalue weighted by atomic mass is 10.2. The van der Waals surface area contributed by atoms with Gasteiger partial charge in [0.2, 0.25) is 0 Å². The van der Waals surface area contributed by atoms with Crippen molar-refractivity contribution in [1.29, 1.82) is 0 Å². The molecule has 1 heteroatoms. The standard InChI is InChI=1S/C9H5N/c1-2-4-9-7-10-6-5-8(9)3-1/h2-5,7H. The third-order valence-corrected chi connectivity index (χ3v) is 1.43. The fourth-order valence-electron chi connectivity index (χ4n) is 0.912. The highest BCUT2D eigenvalue weighted by Gasteiger charge is 1.86. The first-order chi connectivity index (χ1) is 4.97. The van der Waals surface area contributed by atoms with Gasteiger partial charge in [0.25, 0.3) is 0 Å². The first-order valence-corrected chi connectivity index (χ1v) is 3.09. The summed E-state index contributed by atoms with van der Waals surface area (Å²) in [5, 5.41) is 2.27. The summed E-state index contributed by atoms with van der Waals surface area (Å²) in [5.74, 6) is 0. The Hall–Kier alpha value is -1.37. The number of hydrogen-bond donors (Lipinski definition) is 0. The number of rotatable bonds is 0. The van der Waals surface area contributed by atoms with Gasteiger partial charge in [-0.25, -0.2) is 0 Å².